The summed E-state index contributed by atoms with van der Waals surface area (Å²) in [6, 6.07) is 3.94. The average molecular weight is 272 g/mol. The molecule has 1 rings (SSSR count). The van der Waals surface area contributed by atoms with Crippen LogP contribution in [0.25, 0.3) is 0 Å². The summed E-state index contributed by atoms with van der Waals surface area (Å²) in [5, 5.41) is 6.71. The predicted octanol–water partition coefficient (Wildman–Crippen LogP) is 2.64. The van der Waals surface area contributed by atoms with E-state index in [4.69, 9.17) is 0 Å². The number of hydrogen-bond acceptors (Lipinski definition) is 3. The van der Waals surface area contributed by atoms with Gasteiger partial charge in [0.2, 0.25) is 0 Å². The lowest BCUT2D eigenvalue weighted by Crippen LogP contribution is -2.38. The topological polar surface area (TPSA) is 37.0 Å². The number of hydrogen-bond donors (Lipinski definition) is 2. The second kappa shape index (κ2) is 5.47. The van der Waals surface area contributed by atoms with Gasteiger partial charge in [0.15, 0.2) is 0 Å². The van der Waals surface area contributed by atoms with Crippen LogP contribution < -0.4 is 10.6 Å². The van der Waals surface area contributed by atoms with Gasteiger partial charge in [-0.2, -0.15) is 0 Å². The fourth-order valence-corrected chi connectivity index (χ4v) is 1.36. The van der Waals surface area contributed by atoms with Crippen LogP contribution >= 0.6 is 15.9 Å². The van der Waals surface area contributed by atoms with Crippen LogP contribution in [-0.2, 0) is 0 Å². The summed E-state index contributed by atoms with van der Waals surface area (Å²) in [6.07, 6.45) is 1.82. The quantitative estimate of drug-likeness (QED) is 0.653. The first-order valence-corrected chi connectivity index (χ1v) is 5.87. The van der Waals surface area contributed by atoms with Crippen molar-refractivity contribution in [1.82, 2.24) is 10.3 Å². The van der Waals surface area contributed by atoms with E-state index >= 15 is 0 Å². The molecular weight excluding hydrogens is 254 g/mol. The van der Waals surface area contributed by atoms with Crippen molar-refractivity contribution < 1.29 is 0 Å². The van der Waals surface area contributed by atoms with Crippen LogP contribution in [0.3, 0.4) is 0 Å². The van der Waals surface area contributed by atoms with Crippen LogP contribution in [-0.4, -0.2) is 23.6 Å². The number of halogens is 1. The van der Waals surface area contributed by atoms with Gasteiger partial charge in [-0.15, -0.1) is 0 Å². The van der Waals surface area contributed by atoms with E-state index in [0.717, 1.165) is 23.4 Å². The van der Waals surface area contributed by atoms with Gasteiger partial charge < -0.3 is 10.6 Å². The maximum atomic E-state index is 4.14. The molecule has 0 aliphatic heterocycles. The van der Waals surface area contributed by atoms with Crippen LogP contribution in [0.1, 0.15) is 20.8 Å². The van der Waals surface area contributed by atoms with Crippen LogP contribution in [0.5, 0.6) is 0 Å². The minimum absolute atomic E-state index is 0.180. The molecule has 1 heterocycles. The second-order valence-electron chi connectivity index (χ2n) is 4.47. The van der Waals surface area contributed by atoms with Gasteiger partial charge in [0.05, 0.1) is 11.9 Å². The third-order valence-electron chi connectivity index (χ3n) is 1.84. The fourth-order valence-electron chi connectivity index (χ4n) is 1.12. The summed E-state index contributed by atoms with van der Waals surface area (Å²) in [6.45, 7) is 8.33. The summed E-state index contributed by atoms with van der Waals surface area (Å²) >= 11 is 3.30. The minimum Gasteiger partial charge on any atom is -0.383 e. The third-order valence-corrected chi connectivity index (χ3v) is 2.31. The maximum Gasteiger partial charge on any atom is 0.106 e. The number of nitrogens with zero attached hydrogens (tertiary/aromatic N) is 1. The van der Waals surface area contributed by atoms with Gasteiger partial charge in [0.1, 0.15) is 4.60 Å². The smallest absolute Gasteiger partial charge is 0.106 e. The van der Waals surface area contributed by atoms with Crippen LogP contribution in [0.4, 0.5) is 5.69 Å². The highest BCUT2D eigenvalue weighted by molar-refractivity contribution is 9.10. The lowest BCUT2D eigenvalue weighted by Gasteiger charge is -2.20. The fraction of sp³-hybridized carbons (Fsp3) is 0.545. The molecule has 4 heteroatoms. The Morgan fingerprint density at radius 1 is 1.27 bits per heavy atom. The first kappa shape index (κ1) is 12.5. The highest BCUT2D eigenvalue weighted by atomic mass is 79.9. The highest BCUT2D eigenvalue weighted by Crippen LogP contribution is 2.09. The largest absolute Gasteiger partial charge is 0.383 e. The Balaban J connectivity index is 2.23. The molecule has 1 aromatic heterocycles. The third kappa shape index (κ3) is 5.74. The summed E-state index contributed by atoms with van der Waals surface area (Å²) in [4.78, 5) is 4.14. The molecule has 84 valence electrons. The number of rotatable bonds is 4. The Bertz CT molecular complexity index is 290. The Morgan fingerprint density at radius 3 is 2.53 bits per heavy atom. The molecule has 3 nitrogen and oxygen atoms in total. The number of pyridine rings is 1. The molecular formula is C11H18BrN3. The molecule has 0 aliphatic carbocycles. The van der Waals surface area contributed by atoms with Gasteiger partial charge >= 0.3 is 0 Å². The Labute approximate surface area is 99.8 Å². The Hall–Kier alpha value is -0.610. The highest BCUT2D eigenvalue weighted by Gasteiger charge is 2.06. The van der Waals surface area contributed by atoms with Crippen molar-refractivity contribution in [3.8, 4) is 0 Å². The molecule has 2 N–H and O–H groups in total. The molecule has 0 spiro atoms. The zero-order valence-electron chi connectivity index (χ0n) is 9.47. The molecule has 0 saturated carbocycles. The molecule has 0 atom stereocenters. The predicted molar refractivity (Wildman–Crippen MR) is 68.2 cm³/mol. The monoisotopic (exact) mass is 271 g/mol. The number of nitrogens with one attached hydrogen (secondary N) is 2. The standard InChI is InChI=1S/C11H18BrN3/c1-11(2,3)15-7-6-13-9-4-5-10(12)14-8-9/h4-5,8,13,15H,6-7H2,1-3H3. The molecule has 1 aromatic rings. The van der Waals surface area contributed by atoms with E-state index in [1.165, 1.54) is 0 Å². The maximum absolute atomic E-state index is 4.14. The summed E-state index contributed by atoms with van der Waals surface area (Å²) in [7, 11) is 0. The van der Waals surface area contributed by atoms with Crippen LogP contribution in [0, 0.1) is 0 Å². The Morgan fingerprint density at radius 2 is 2.00 bits per heavy atom. The zero-order chi connectivity index (χ0) is 11.3. The average Bonchev–Trinajstić information content (AvgIpc) is 2.14. The molecule has 0 aliphatic rings. The molecule has 15 heavy (non-hydrogen) atoms. The van der Waals surface area contributed by atoms with Gasteiger partial charge in [-0.3, -0.25) is 0 Å². The minimum atomic E-state index is 0.180. The van der Waals surface area contributed by atoms with E-state index in [1.807, 2.05) is 18.3 Å². The van der Waals surface area contributed by atoms with E-state index in [1.54, 1.807) is 0 Å². The lowest BCUT2D eigenvalue weighted by atomic mass is 10.1. The summed E-state index contributed by atoms with van der Waals surface area (Å²) in [5.41, 5.74) is 1.23. The first-order valence-electron chi connectivity index (χ1n) is 5.08. The molecule has 0 unspecified atom stereocenters. The van der Waals surface area contributed by atoms with E-state index in [9.17, 15) is 0 Å². The van der Waals surface area contributed by atoms with Crippen molar-refractivity contribution >= 4 is 21.6 Å². The van der Waals surface area contributed by atoms with Crippen molar-refractivity contribution in [2.24, 2.45) is 0 Å². The van der Waals surface area contributed by atoms with Crippen molar-refractivity contribution in [2.75, 3.05) is 18.4 Å². The molecule has 0 radical (unpaired) electrons. The van der Waals surface area contributed by atoms with Crippen LogP contribution in [0.15, 0.2) is 22.9 Å². The van der Waals surface area contributed by atoms with E-state index < -0.39 is 0 Å². The number of aromatic nitrogens is 1. The van der Waals surface area contributed by atoms with Gasteiger partial charge in [0, 0.05) is 18.6 Å². The molecule has 0 bridgehead atoms. The SMILES string of the molecule is CC(C)(C)NCCNc1ccc(Br)nc1. The second-order valence-corrected chi connectivity index (χ2v) is 5.29. The first-order chi connectivity index (χ1) is 6.97. The summed E-state index contributed by atoms with van der Waals surface area (Å²) < 4.78 is 0.862. The van der Waals surface area contributed by atoms with Crippen molar-refractivity contribution in [2.45, 2.75) is 26.3 Å². The van der Waals surface area contributed by atoms with E-state index in [0.29, 0.717) is 0 Å². The van der Waals surface area contributed by atoms with Crippen LogP contribution in [0.2, 0.25) is 0 Å². The molecule has 0 aromatic carbocycles. The van der Waals surface area contributed by atoms with E-state index in [-0.39, 0.29) is 5.54 Å². The van der Waals surface area contributed by atoms with Gasteiger partial charge in [-0.25, -0.2) is 4.98 Å². The van der Waals surface area contributed by atoms with Crippen molar-refractivity contribution in [3.05, 3.63) is 22.9 Å². The molecule has 0 fully saturated rings. The van der Waals surface area contributed by atoms with Crippen molar-refractivity contribution in [1.29, 1.82) is 0 Å². The van der Waals surface area contributed by atoms with E-state index in [2.05, 4.69) is 52.3 Å². The summed E-state index contributed by atoms with van der Waals surface area (Å²) in [5.74, 6) is 0. The van der Waals surface area contributed by atoms with Crippen molar-refractivity contribution in [3.63, 3.8) is 0 Å². The molecule has 0 saturated heterocycles. The Kier molecular flexibility index (Phi) is 4.54. The van der Waals surface area contributed by atoms with Gasteiger partial charge in [-0.1, -0.05) is 0 Å². The number of anilines is 1. The lowest BCUT2D eigenvalue weighted by molar-refractivity contribution is 0.435. The normalized spacial score (nSPS) is 11.5. The van der Waals surface area contributed by atoms with Gasteiger partial charge in [-0.05, 0) is 48.8 Å². The molecule has 0 amide bonds. The van der Waals surface area contributed by atoms with Gasteiger partial charge in [0.25, 0.3) is 0 Å². The zero-order valence-corrected chi connectivity index (χ0v) is 11.1.